The van der Waals surface area contributed by atoms with Gasteiger partial charge in [-0.1, -0.05) is 11.6 Å². The van der Waals surface area contributed by atoms with Crippen molar-refractivity contribution in [3.8, 4) is 11.5 Å². The second-order valence-electron chi connectivity index (χ2n) is 4.73. The van der Waals surface area contributed by atoms with Crippen molar-refractivity contribution >= 4 is 27.3 Å². The number of aromatic nitrogens is 2. The number of aromatic amines is 1. The van der Waals surface area contributed by atoms with Gasteiger partial charge in [-0.2, -0.15) is 5.10 Å². The molecule has 0 radical (unpaired) electrons. The highest BCUT2D eigenvalue weighted by molar-refractivity contribution is 7.92. The zero-order valence-corrected chi connectivity index (χ0v) is 13.4. The van der Waals surface area contributed by atoms with Gasteiger partial charge in [0.15, 0.2) is 5.76 Å². The van der Waals surface area contributed by atoms with Crippen LogP contribution < -0.4 is 4.72 Å². The van der Waals surface area contributed by atoms with Gasteiger partial charge in [-0.25, -0.2) is 12.8 Å². The minimum Gasteiger partial charge on any atom is -0.458 e. The van der Waals surface area contributed by atoms with Crippen molar-refractivity contribution in [2.45, 2.75) is 11.8 Å². The van der Waals surface area contributed by atoms with Crippen molar-refractivity contribution in [1.29, 1.82) is 0 Å². The number of H-pyrrole nitrogens is 1. The molecule has 120 valence electrons. The maximum atomic E-state index is 13.7. The summed E-state index contributed by atoms with van der Waals surface area (Å²) < 4.78 is 46.2. The average molecular weight is 356 g/mol. The summed E-state index contributed by atoms with van der Waals surface area (Å²) in [6, 6.07) is 6.58. The zero-order valence-electron chi connectivity index (χ0n) is 11.8. The number of rotatable bonds is 4. The first kappa shape index (κ1) is 15.6. The molecule has 0 saturated heterocycles. The molecular formula is C14H11ClFN3O3S. The lowest BCUT2D eigenvalue weighted by Crippen LogP contribution is -2.14. The van der Waals surface area contributed by atoms with E-state index in [0.29, 0.717) is 11.5 Å². The number of hydrogen-bond acceptors (Lipinski definition) is 4. The maximum Gasteiger partial charge on any atom is 0.265 e. The summed E-state index contributed by atoms with van der Waals surface area (Å²) in [5, 5.41) is 6.66. The molecule has 9 heteroatoms. The first-order chi connectivity index (χ1) is 10.9. The SMILES string of the molecule is Cc1oc(-c2ccn[nH]2)cc1S(=O)(=O)Nc1cc(Cl)ccc1F. The minimum absolute atomic E-state index is 0.0959. The van der Waals surface area contributed by atoms with Crippen LogP contribution in [0.15, 0.2) is 45.8 Å². The first-order valence-electron chi connectivity index (χ1n) is 6.45. The minimum atomic E-state index is -4.03. The Labute approximate surface area is 136 Å². The predicted octanol–water partition coefficient (Wildman–Crippen LogP) is 3.57. The highest BCUT2D eigenvalue weighted by Gasteiger charge is 2.23. The van der Waals surface area contributed by atoms with Crippen LogP contribution in [0.3, 0.4) is 0 Å². The fourth-order valence-corrected chi connectivity index (χ4v) is 3.44. The molecule has 3 rings (SSSR count). The van der Waals surface area contributed by atoms with Crippen LogP contribution in [0.2, 0.25) is 5.02 Å². The molecule has 2 N–H and O–H groups in total. The van der Waals surface area contributed by atoms with Gasteiger partial charge < -0.3 is 4.42 Å². The van der Waals surface area contributed by atoms with Crippen LogP contribution in [0.4, 0.5) is 10.1 Å². The Balaban J connectivity index is 1.98. The van der Waals surface area contributed by atoms with E-state index in [1.54, 1.807) is 6.07 Å². The zero-order chi connectivity index (χ0) is 16.6. The largest absolute Gasteiger partial charge is 0.458 e. The van der Waals surface area contributed by atoms with Gasteiger partial charge in [-0.3, -0.25) is 9.82 Å². The second kappa shape index (κ2) is 5.71. The van der Waals surface area contributed by atoms with E-state index in [1.807, 2.05) is 0 Å². The Morgan fingerprint density at radius 1 is 1.30 bits per heavy atom. The lowest BCUT2D eigenvalue weighted by atomic mass is 10.3. The van der Waals surface area contributed by atoms with E-state index in [-0.39, 0.29) is 21.4 Å². The maximum absolute atomic E-state index is 13.7. The van der Waals surface area contributed by atoms with Crippen molar-refractivity contribution in [3.63, 3.8) is 0 Å². The number of nitrogens with one attached hydrogen (secondary N) is 2. The van der Waals surface area contributed by atoms with Gasteiger partial charge in [-0.05, 0) is 31.2 Å². The van der Waals surface area contributed by atoms with E-state index in [0.717, 1.165) is 6.07 Å². The van der Waals surface area contributed by atoms with Crippen LogP contribution in [0.1, 0.15) is 5.76 Å². The molecule has 0 aliphatic heterocycles. The third kappa shape index (κ3) is 3.08. The standard InChI is InChI=1S/C14H11ClFN3O3S/c1-8-14(7-13(22-8)11-4-5-17-18-11)23(20,21)19-12-6-9(15)2-3-10(12)16/h2-7,19H,1H3,(H,17,18). The Bertz CT molecular complexity index is 952. The molecule has 0 fully saturated rings. The third-order valence-electron chi connectivity index (χ3n) is 3.10. The van der Waals surface area contributed by atoms with Crippen molar-refractivity contribution in [2.75, 3.05) is 4.72 Å². The number of sulfonamides is 1. The van der Waals surface area contributed by atoms with Crippen LogP contribution in [0.25, 0.3) is 11.5 Å². The van der Waals surface area contributed by atoms with Crippen LogP contribution in [-0.4, -0.2) is 18.6 Å². The summed E-state index contributed by atoms with van der Waals surface area (Å²) in [5.41, 5.74) is 0.296. The topological polar surface area (TPSA) is 88.0 Å². The summed E-state index contributed by atoms with van der Waals surface area (Å²) in [7, 11) is -4.03. The van der Waals surface area contributed by atoms with Crippen molar-refractivity contribution in [3.05, 3.63) is 53.1 Å². The summed E-state index contributed by atoms with van der Waals surface area (Å²) in [6.45, 7) is 1.50. The summed E-state index contributed by atoms with van der Waals surface area (Å²) in [6.07, 6.45) is 1.51. The van der Waals surface area contributed by atoms with Gasteiger partial charge in [0.1, 0.15) is 22.2 Å². The van der Waals surface area contributed by atoms with Gasteiger partial charge >= 0.3 is 0 Å². The highest BCUT2D eigenvalue weighted by Crippen LogP contribution is 2.29. The van der Waals surface area contributed by atoms with Crippen LogP contribution in [0, 0.1) is 12.7 Å². The average Bonchev–Trinajstić information content (AvgIpc) is 3.11. The molecule has 2 heterocycles. The fourth-order valence-electron chi connectivity index (χ4n) is 2.03. The summed E-state index contributed by atoms with van der Waals surface area (Å²) >= 11 is 5.76. The molecule has 0 unspecified atom stereocenters. The molecule has 3 aromatic rings. The fraction of sp³-hybridized carbons (Fsp3) is 0.0714. The lowest BCUT2D eigenvalue weighted by molar-refractivity contribution is 0.533. The number of aryl methyl sites for hydroxylation is 1. The quantitative estimate of drug-likeness (QED) is 0.748. The predicted molar refractivity (Wildman–Crippen MR) is 83.2 cm³/mol. The number of halogens is 2. The number of furan rings is 1. The highest BCUT2D eigenvalue weighted by atomic mass is 35.5. The molecule has 2 aromatic heterocycles. The molecule has 0 aliphatic carbocycles. The van der Waals surface area contributed by atoms with E-state index < -0.39 is 15.8 Å². The third-order valence-corrected chi connectivity index (χ3v) is 4.81. The Kier molecular flexibility index (Phi) is 3.87. The van der Waals surface area contributed by atoms with Crippen LogP contribution in [-0.2, 0) is 10.0 Å². The molecule has 0 atom stereocenters. The second-order valence-corrected chi connectivity index (χ2v) is 6.82. The molecule has 0 bridgehead atoms. The van der Waals surface area contributed by atoms with E-state index in [4.69, 9.17) is 16.0 Å². The molecular weight excluding hydrogens is 345 g/mol. The number of benzene rings is 1. The molecule has 0 aliphatic rings. The first-order valence-corrected chi connectivity index (χ1v) is 8.31. The molecule has 0 amide bonds. The molecule has 6 nitrogen and oxygen atoms in total. The normalized spacial score (nSPS) is 11.6. The number of anilines is 1. The lowest BCUT2D eigenvalue weighted by Gasteiger charge is -2.08. The monoisotopic (exact) mass is 355 g/mol. The summed E-state index contributed by atoms with van der Waals surface area (Å²) in [5.74, 6) is -0.246. The smallest absolute Gasteiger partial charge is 0.265 e. The van der Waals surface area contributed by atoms with Crippen molar-refractivity contribution in [1.82, 2.24) is 10.2 Å². The number of nitrogens with zero attached hydrogens (tertiary/aromatic N) is 1. The van der Waals surface area contributed by atoms with E-state index in [2.05, 4.69) is 14.9 Å². The van der Waals surface area contributed by atoms with Crippen molar-refractivity contribution < 1.29 is 17.2 Å². The Morgan fingerprint density at radius 2 is 2.09 bits per heavy atom. The molecule has 0 spiro atoms. The molecule has 1 aromatic carbocycles. The van der Waals surface area contributed by atoms with E-state index in [1.165, 1.54) is 31.3 Å². The van der Waals surface area contributed by atoms with Gasteiger partial charge in [-0.15, -0.1) is 0 Å². The van der Waals surface area contributed by atoms with E-state index in [9.17, 15) is 12.8 Å². The number of hydrogen-bond donors (Lipinski definition) is 2. The van der Waals surface area contributed by atoms with Gasteiger partial charge in [0.05, 0.1) is 5.69 Å². The molecule has 0 saturated carbocycles. The summed E-state index contributed by atoms with van der Waals surface area (Å²) in [4.78, 5) is -0.0959. The Hall–Kier alpha value is -2.32. The van der Waals surface area contributed by atoms with E-state index >= 15 is 0 Å². The van der Waals surface area contributed by atoms with Crippen molar-refractivity contribution in [2.24, 2.45) is 0 Å². The van der Waals surface area contributed by atoms with Crippen LogP contribution in [0.5, 0.6) is 0 Å². The molecule has 23 heavy (non-hydrogen) atoms. The van der Waals surface area contributed by atoms with Crippen LogP contribution >= 0.6 is 11.6 Å². The van der Waals surface area contributed by atoms with Gasteiger partial charge in [0, 0.05) is 17.3 Å². The Morgan fingerprint density at radius 3 is 2.78 bits per heavy atom. The van der Waals surface area contributed by atoms with Gasteiger partial charge in [0.25, 0.3) is 10.0 Å². The van der Waals surface area contributed by atoms with Gasteiger partial charge in [0.2, 0.25) is 0 Å².